The van der Waals surface area contributed by atoms with Crippen LogP contribution in [0.5, 0.6) is 11.5 Å². The Kier molecular flexibility index (Phi) is 6.57. The number of hydrogen-bond donors (Lipinski definition) is 2. The normalized spacial score (nSPS) is 10.4. The molecule has 26 heavy (non-hydrogen) atoms. The van der Waals surface area contributed by atoms with E-state index in [9.17, 15) is 14.0 Å². The van der Waals surface area contributed by atoms with Gasteiger partial charge in [-0.3, -0.25) is 20.4 Å². The van der Waals surface area contributed by atoms with Gasteiger partial charge in [0.2, 0.25) is 0 Å². The third-order valence-corrected chi connectivity index (χ3v) is 3.74. The van der Waals surface area contributed by atoms with Gasteiger partial charge in [-0.25, -0.2) is 4.39 Å². The number of benzene rings is 2. The number of rotatable bonds is 5. The molecule has 0 saturated heterocycles. The van der Waals surface area contributed by atoms with Crippen LogP contribution in [0, 0.1) is 5.82 Å². The molecule has 0 unspecified atom stereocenters. The predicted molar refractivity (Wildman–Crippen MR) is 97.8 cm³/mol. The monoisotopic (exact) mass is 424 g/mol. The minimum Gasteiger partial charge on any atom is -0.493 e. The average Bonchev–Trinajstić information content (AvgIpc) is 2.61. The van der Waals surface area contributed by atoms with Gasteiger partial charge in [0, 0.05) is 10.0 Å². The van der Waals surface area contributed by atoms with E-state index in [-0.39, 0.29) is 17.2 Å². The molecule has 0 aliphatic rings. The molecule has 2 rings (SSSR count). The summed E-state index contributed by atoms with van der Waals surface area (Å²) < 4.78 is 25.0. The lowest BCUT2D eigenvalue weighted by Crippen LogP contribution is -2.42. The van der Waals surface area contributed by atoms with Gasteiger partial charge in [-0.05, 0) is 50.2 Å². The first kappa shape index (κ1) is 19.7. The lowest BCUT2D eigenvalue weighted by molar-refractivity contribution is 0.0844. The molecule has 0 saturated carbocycles. The van der Waals surface area contributed by atoms with Gasteiger partial charge < -0.3 is 9.47 Å². The fourth-order valence-electron chi connectivity index (χ4n) is 2.08. The predicted octanol–water partition coefficient (Wildman–Crippen LogP) is 3.46. The van der Waals surface area contributed by atoms with Crippen LogP contribution in [-0.4, -0.2) is 25.0 Å². The highest BCUT2D eigenvalue weighted by atomic mass is 79.9. The maximum atomic E-state index is 13.7. The number of halogens is 2. The molecule has 0 aromatic heterocycles. The maximum absolute atomic E-state index is 13.7. The third-order valence-electron chi connectivity index (χ3n) is 3.25. The second-order valence-electron chi connectivity index (χ2n) is 5.56. The van der Waals surface area contributed by atoms with E-state index in [1.54, 1.807) is 6.07 Å². The smallest absolute Gasteiger partial charge is 0.272 e. The molecule has 2 aromatic carbocycles. The number of ether oxygens (including phenoxy) is 2. The Morgan fingerprint density at radius 3 is 2.38 bits per heavy atom. The van der Waals surface area contributed by atoms with Crippen molar-refractivity contribution in [2.45, 2.75) is 20.0 Å². The van der Waals surface area contributed by atoms with Crippen LogP contribution in [0.4, 0.5) is 4.39 Å². The van der Waals surface area contributed by atoms with Gasteiger partial charge in [0.1, 0.15) is 5.82 Å². The number of hydrazine groups is 1. The second-order valence-corrected chi connectivity index (χ2v) is 6.48. The summed E-state index contributed by atoms with van der Waals surface area (Å²) in [7, 11) is 1.46. The minimum atomic E-state index is -0.774. The van der Waals surface area contributed by atoms with E-state index in [1.165, 1.54) is 31.4 Å². The zero-order valence-electron chi connectivity index (χ0n) is 14.4. The summed E-state index contributed by atoms with van der Waals surface area (Å²) in [6.07, 6.45) is -0.0528. The van der Waals surface area contributed by atoms with E-state index in [4.69, 9.17) is 9.47 Å². The molecule has 0 spiro atoms. The van der Waals surface area contributed by atoms with Crippen LogP contribution in [0.3, 0.4) is 0 Å². The van der Waals surface area contributed by atoms with Crippen molar-refractivity contribution in [3.63, 3.8) is 0 Å². The molecule has 0 radical (unpaired) electrons. The van der Waals surface area contributed by atoms with E-state index < -0.39 is 17.6 Å². The number of nitrogens with one attached hydrogen (secondary N) is 2. The lowest BCUT2D eigenvalue weighted by Gasteiger charge is -2.14. The molecule has 0 bridgehead atoms. The van der Waals surface area contributed by atoms with E-state index in [0.717, 1.165) is 6.07 Å². The van der Waals surface area contributed by atoms with E-state index >= 15 is 0 Å². The van der Waals surface area contributed by atoms with Crippen LogP contribution in [0.1, 0.15) is 34.6 Å². The van der Waals surface area contributed by atoms with Crippen molar-refractivity contribution in [1.82, 2.24) is 10.9 Å². The van der Waals surface area contributed by atoms with Crippen LogP contribution in [0.2, 0.25) is 0 Å². The highest BCUT2D eigenvalue weighted by Crippen LogP contribution is 2.28. The summed E-state index contributed by atoms with van der Waals surface area (Å²) in [6, 6.07) is 8.55. The topological polar surface area (TPSA) is 76.7 Å². The Balaban J connectivity index is 2.07. The average molecular weight is 425 g/mol. The molecule has 0 atom stereocenters. The summed E-state index contributed by atoms with van der Waals surface area (Å²) in [5.74, 6) is -1.17. The Labute approximate surface area is 158 Å². The molecule has 0 aliphatic carbocycles. The minimum absolute atomic E-state index is 0.0528. The summed E-state index contributed by atoms with van der Waals surface area (Å²) in [6.45, 7) is 3.74. The fraction of sp³-hybridized carbons (Fsp3) is 0.222. The van der Waals surface area contributed by atoms with E-state index in [2.05, 4.69) is 26.8 Å². The van der Waals surface area contributed by atoms with Gasteiger partial charge in [0.15, 0.2) is 11.5 Å². The van der Waals surface area contributed by atoms with Gasteiger partial charge >= 0.3 is 0 Å². The van der Waals surface area contributed by atoms with Crippen molar-refractivity contribution in [1.29, 1.82) is 0 Å². The van der Waals surface area contributed by atoms with Gasteiger partial charge in [-0.1, -0.05) is 15.9 Å². The SMILES string of the molecule is COc1cc(C(=O)NNC(=O)c2cc(Br)ccc2F)ccc1OC(C)C. The molecule has 2 N–H and O–H groups in total. The lowest BCUT2D eigenvalue weighted by atomic mass is 10.2. The molecule has 8 heteroatoms. The summed E-state index contributed by atoms with van der Waals surface area (Å²) in [4.78, 5) is 24.2. The summed E-state index contributed by atoms with van der Waals surface area (Å²) in [5.41, 5.74) is 4.46. The van der Waals surface area contributed by atoms with Gasteiger partial charge in [0.05, 0.1) is 18.8 Å². The Bertz CT molecular complexity index is 827. The van der Waals surface area contributed by atoms with Crippen molar-refractivity contribution < 1.29 is 23.5 Å². The molecule has 0 aliphatic heterocycles. The van der Waals surface area contributed by atoms with E-state index in [0.29, 0.717) is 16.0 Å². The molecule has 0 fully saturated rings. The van der Waals surface area contributed by atoms with Crippen molar-refractivity contribution in [3.05, 3.63) is 57.8 Å². The quantitative estimate of drug-likeness (QED) is 0.720. The fourth-order valence-corrected chi connectivity index (χ4v) is 2.45. The maximum Gasteiger partial charge on any atom is 0.272 e. The number of hydrogen-bond acceptors (Lipinski definition) is 4. The highest BCUT2D eigenvalue weighted by Gasteiger charge is 2.15. The molecule has 2 aromatic rings. The number of amides is 2. The highest BCUT2D eigenvalue weighted by molar-refractivity contribution is 9.10. The summed E-state index contributed by atoms with van der Waals surface area (Å²) in [5, 5.41) is 0. The second kappa shape index (κ2) is 8.66. The molecule has 0 heterocycles. The van der Waals surface area contributed by atoms with Crippen molar-refractivity contribution in [2.75, 3.05) is 7.11 Å². The molecular formula is C18H18BrFN2O4. The largest absolute Gasteiger partial charge is 0.493 e. The molecule has 2 amide bonds. The summed E-state index contributed by atoms with van der Waals surface area (Å²) >= 11 is 3.16. The van der Waals surface area contributed by atoms with Gasteiger partial charge in [0.25, 0.3) is 11.8 Å². The first-order chi connectivity index (χ1) is 12.3. The Morgan fingerprint density at radius 2 is 1.73 bits per heavy atom. The molecule has 138 valence electrons. The third kappa shape index (κ3) is 4.95. The van der Waals surface area contributed by atoms with Gasteiger partial charge in [-0.2, -0.15) is 0 Å². The first-order valence-corrected chi connectivity index (χ1v) is 8.51. The Hall–Kier alpha value is -2.61. The number of carbonyl (C=O) groups excluding carboxylic acids is 2. The van der Waals surface area contributed by atoms with E-state index in [1.807, 2.05) is 13.8 Å². The van der Waals surface area contributed by atoms with Crippen LogP contribution < -0.4 is 20.3 Å². The van der Waals surface area contributed by atoms with Gasteiger partial charge in [-0.15, -0.1) is 0 Å². The zero-order valence-corrected chi connectivity index (χ0v) is 16.0. The van der Waals surface area contributed by atoms with Crippen molar-refractivity contribution in [2.24, 2.45) is 0 Å². The van der Waals surface area contributed by atoms with Crippen LogP contribution in [0.25, 0.3) is 0 Å². The number of carbonyl (C=O) groups is 2. The standard InChI is InChI=1S/C18H18BrFN2O4/c1-10(2)26-15-7-4-11(8-16(15)25-3)17(23)21-22-18(24)13-9-12(19)5-6-14(13)20/h4-10H,1-3H3,(H,21,23)(H,22,24). The first-order valence-electron chi connectivity index (χ1n) is 7.72. The Morgan fingerprint density at radius 1 is 1.04 bits per heavy atom. The molecular weight excluding hydrogens is 407 g/mol. The number of methoxy groups -OCH3 is 1. The van der Waals surface area contributed by atoms with Crippen LogP contribution >= 0.6 is 15.9 Å². The van der Waals surface area contributed by atoms with Crippen LogP contribution in [-0.2, 0) is 0 Å². The van der Waals surface area contributed by atoms with Crippen LogP contribution in [0.15, 0.2) is 40.9 Å². The van der Waals surface area contributed by atoms with Crippen molar-refractivity contribution >= 4 is 27.7 Å². The molecule has 6 nitrogen and oxygen atoms in total. The zero-order chi connectivity index (χ0) is 19.3. The van der Waals surface area contributed by atoms with Crippen molar-refractivity contribution in [3.8, 4) is 11.5 Å².